The quantitative estimate of drug-likeness (QED) is 0.339. The highest BCUT2D eigenvalue weighted by molar-refractivity contribution is 6.10. The average Bonchev–Trinajstić information content (AvgIpc) is 2.69. The third kappa shape index (κ3) is 2.52. The van der Waals surface area contributed by atoms with E-state index in [-0.39, 0.29) is 0 Å². The van der Waals surface area contributed by atoms with Gasteiger partial charge >= 0.3 is 0 Å². The number of fused-ring (bicyclic) bond motifs is 3. The summed E-state index contributed by atoms with van der Waals surface area (Å²) in [5, 5.41) is 2.21. The van der Waals surface area contributed by atoms with Crippen LogP contribution < -0.4 is 0 Å². The number of hydrogen-bond acceptors (Lipinski definition) is 2. The lowest BCUT2D eigenvalue weighted by Crippen LogP contribution is -1.91. The van der Waals surface area contributed by atoms with Gasteiger partial charge in [-0.15, -0.1) is 0 Å². The molecule has 0 radical (unpaired) electrons. The Bertz CT molecular complexity index is 1110. The lowest BCUT2D eigenvalue weighted by atomic mass is 9.96. The summed E-state index contributed by atoms with van der Waals surface area (Å²) >= 11 is 0. The normalized spacial score (nSPS) is 11.8. The van der Waals surface area contributed by atoms with E-state index in [9.17, 15) is 0 Å². The van der Waals surface area contributed by atoms with Gasteiger partial charge in [0.05, 0.1) is 11.0 Å². The third-order valence-corrected chi connectivity index (χ3v) is 4.55. The van der Waals surface area contributed by atoms with Crippen molar-refractivity contribution in [2.45, 2.75) is 6.92 Å². The van der Waals surface area contributed by atoms with Crippen LogP contribution in [0.25, 0.3) is 38.5 Å². The Kier molecular flexibility index (Phi) is 3.87. The summed E-state index contributed by atoms with van der Waals surface area (Å²) in [6, 6.07) is 18.8. The third-order valence-electron chi connectivity index (χ3n) is 4.55. The minimum absolute atomic E-state index is 0.925. The largest absolute Gasteiger partial charge is 0.254 e. The second-order valence-corrected chi connectivity index (χ2v) is 5.89. The molecule has 2 nitrogen and oxygen atoms in total. The van der Waals surface area contributed by atoms with Gasteiger partial charge in [-0.05, 0) is 41.3 Å². The highest BCUT2D eigenvalue weighted by Gasteiger charge is 2.11. The van der Waals surface area contributed by atoms with Gasteiger partial charge in [0.25, 0.3) is 0 Å². The fourth-order valence-corrected chi connectivity index (χ4v) is 3.33. The number of rotatable bonds is 3. The van der Waals surface area contributed by atoms with E-state index in [4.69, 9.17) is 0 Å². The summed E-state index contributed by atoms with van der Waals surface area (Å²) in [5.74, 6) is 0. The van der Waals surface area contributed by atoms with E-state index in [1.165, 1.54) is 11.1 Å². The van der Waals surface area contributed by atoms with Crippen molar-refractivity contribution in [2.75, 3.05) is 0 Å². The van der Waals surface area contributed by atoms with Crippen LogP contribution in [0, 0.1) is 0 Å². The molecule has 0 amide bonds. The smallest absolute Gasteiger partial charge is 0.0970 e. The van der Waals surface area contributed by atoms with Crippen molar-refractivity contribution in [2.24, 2.45) is 0 Å². The van der Waals surface area contributed by atoms with E-state index in [0.717, 1.165) is 32.9 Å². The van der Waals surface area contributed by atoms with Crippen molar-refractivity contribution >= 4 is 27.4 Å². The molecule has 0 N–H and O–H groups in total. The maximum atomic E-state index is 4.64. The molecule has 25 heavy (non-hydrogen) atoms. The molecule has 0 fully saturated rings. The molecule has 2 heteroatoms. The molecule has 0 unspecified atom stereocenters. The minimum Gasteiger partial charge on any atom is -0.254 e. The maximum absolute atomic E-state index is 4.64. The molecule has 0 aliphatic carbocycles. The van der Waals surface area contributed by atoms with Gasteiger partial charge in [0.15, 0.2) is 0 Å². The van der Waals surface area contributed by atoms with Gasteiger partial charge in [-0.2, -0.15) is 0 Å². The summed E-state index contributed by atoms with van der Waals surface area (Å²) in [5.41, 5.74) is 6.46. The minimum atomic E-state index is 0.925. The highest BCUT2D eigenvalue weighted by Crippen LogP contribution is 2.33. The van der Waals surface area contributed by atoms with E-state index in [1.54, 1.807) is 0 Å². The number of pyridine rings is 2. The summed E-state index contributed by atoms with van der Waals surface area (Å²) in [7, 11) is 0. The van der Waals surface area contributed by atoms with Crippen molar-refractivity contribution in [1.82, 2.24) is 9.97 Å². The lowest BCUT2D eigenvalue weighted by molar-refractivity contribution is 1.37. The van der Waals surface area contributed by atoms with Crippen LogP contribution in [0.2, 0.25) is 0 Å². The Balaban J connectivity index is 2.06. The maximum Gasteiger partial charge on any atom is 0.0970 e. The zero-order valence-electron chi connectivity index (χ0n) is 14.1. The van der Waals surface area contributed by atoms with E-state index in [2.05, 4.69) is 65.1 Å². The first kappa shape index (κ1) is 15.3. The Labute approximate surface area is 147 Å². The van der Waals surface area contributed by atoms with Crippen molar-refractivity contribution in [1.29, 1.82) is 0 Å². The molecular formula is C23H18N2. The first-order valence-corrected chi connectivity index (χ1v) is 8.34. The van der Waals surface area contributed by atoms with Crippen LogP contribution in [-0.2, 0) is 0 Å². The zero-order chi connectivity index (χ0) is 17.2. The predicted molar refractivity (Wildman–Crippen MR) is 106 cm³/mol. The monoisotopic (exact) mass is 322 g/mol. The molecule has 2 aromatic heterocycles. The molecule has 4 rings (SSSR count). The van der Waals surface area contributed by atoms with Crippen LogP contribution >= 0.6 is 0 Å². The summed E-state index contributed by atoms with van der Waals surface area (Å²) in [6.45, 7) is 5.95. The topological polar surface area (TPSA) is 25.8 Å². The van der Waals surface area contributed by atoms with Crippen molar-refractivity contribution in [3.8, 4) is 11.1 Å². The Hall–Kier alpha value is -3.26. The molecule has 120 valence electrons. The fraction of sp³-hybridized carbons (Fsp3) is 0.0435. The van der Waals surface area contributed by atoms with Crippen LogP contribution in [0.4, 0.5) is 0 Å². The number of allylic oxidation sites excluding steroid dienone is 3. The van der Waals surface area contributed by atoms with E-state index in [0.29, 0.717) is 0 Å². The van der Waals surface area contributed by atoms with Gasteiger partial charge < -0.3 is 0 Å². The molecule has 0 aliphatic rings. The van der Waals surface area contributed by atoms with Crippen LogP contribution in [0.5, 0.6) is 0 Å². The molecule has 0 atom stereocenters. The summed E-state index contributed by atoms with van der Waals surface area (Å²) in [4.78, 5) is 9.27. The SMILES string of the molecule is C=C/C(=C\C)c1ccnc2c1ccc1c(-c3ccccc3)ccnc12. The Morgan fingerprint density at radius 3 is 2.24 bits per heavy atom. The second kappa shape index (κ2) is 6.33. The van der Waals surface area contributed by atoms with E-state index in [1.807, 2.05) is 37.5 Å². The molecule has 2 aromatic carbocycles. The lowest BCUT2D eigenvalue weighted by Gasteiger charge is -2.11. The number of nitrogens with zero attached hydrogens (tertiary/aromatic N) is 2. The van der Waals surface area contributed by atoms with Gasteiger partial charge in [0.2, 0.25) is 0 Å². The van der Waals surface area contributed by atoms with Crippen LogP contribution in [-0.4, -0.2) is 9.97 Å². The number of hydrogen-bond donors (Lipinski definition) is 0. The molecule has 0 saturated heterocycles. The summed E-state index contributed by atoms with van der Waals surface area (Å²) < 4.78 is 0. The van der Waals surface area contributed by atoms with Crippen LogP contribution in [0.3, 0.4) is 0 Å². The first-order chi connectivity index (χ1) is 12.3. The number of aromatic nitrogens is 2. The molecule has 4 aromatic rings. The Morgan fingerprint density at radius 2 is 1.52 bits per heavy atom. The molecule has 0 saturated carbocycles. The molecule has 0 aliphatic heterocycles. The highest BCUT2D eigenvalue weighted by atomic mass is 14.7. The first-order valence-electron chi connectivity index (χ1n) is 8.34. The van der Waals surface area contributed by atoms with Gasteiger partial charge in [-0.3, -0.25) is 9.97 Å². The average molecular weight is 322 g/mol. The molecule has 0 spiro atoms. The van der Waals surface area contributed by atoms with Crippen LogP contribution in [0.1, 0.15) is 12.5 Å². The Morgan fingerprint density at radius 1 is 0.840 bits per heavy atom. The van der Waals surface area contributed by atoms with Crippen molar-refractivity contribution in [3.05, 3.63) is 91.3 Å². The molecule has 0 bridgehead atoms. The van der Waals surface area contributed by atoms with Gasteiger partial charge in [-0.25, -0.2) is 0 Å². The predicted octanol–water partition coefficient (Wildman–Crippen LogP) is 6.04. The fourth-order valence-electron chi connectivity index (χ4n) is 3.33. The van der Waals surface area contributed by atoms with Gasteiger partial charge in [-0.1, -0.05) is 61.2 Å². The summed E-state index contributed by atoms with van der Waals surface area (Å²) in [6.07, 6.45) is 7.66. The van der Waals surface area contributed by atoms with E-state index >= 15 is 0 Å². The molecule has 2 heterocycles. The van der Waals surface area contributed by atoms with Crippen molar-refractivity contribution < 1.29 is 0 Å². The van der Waals surface area contributed by atoms with Crippen LogP contribution in [0.15, 0.2) is 85.7 Å². The second-order valence-electron chi connectivity index (χ2n) is 5.89. The zero-order valence-corrected chi connectivity index (χ0v) is 14.1. The van der Waals surface area contributed by atoms with E-state index < -0.39 is 0 Å². The van der Waals surface area contributed by atoms with Crippen molar-refractivity contribution in [3.63, 3.8) is 0 Å². The standard InChI is InChI=1S/C23H18N2/c1-3-16(4-2)18-12-14-24-22-20(18)10-11-21-19(13-15-25-23(21)22)17-8-6-5-7-9-17/h3-15H,1H2,2H3/b16-4+. The van der Waals surface area contributed by atoms with Gasteiger partial charge in [0, 0.05) is 23.2 Å². The van der Waals surface area contributed by atoms with Gasteiger partial charge in [0.1, 0.15) is 0 Å². The number of benzene rings is 2. The molecular weight excluding hydrogens is 304 g/mol.